The average molecular weight is 493 g/mol. The zero-order chi connectivity index (χ0) is 25.5. The van der Waals surface area contributed by atoms with Crippen molar-refractivity contribution in [1.82, 2.24) is 10.2 Å². The van der Waals surface area contributed by atoms with Gasteiger partial charge in [0.05, 0.1) is 34.1 Å². The van der Waals surface area contributed by atoms with E-state index in [0.29, 0.717) is 34.1 Å². The lowest BCUT2D eigenvalue weighted by Gasteiger charge is -2.32. The van der Waals surface area contributed by atoms with E-state index >= 15 is 0 Å². The SMILES string of the molecule is COc1ccc([C@@H](C(=O)NC2CCCC2)N(Cc2ccco2)C(=O)c2ccc(OC)c(OC)c2)cc1. The van der Waals surface area contributed by atoms with E-state index in [1.54, 1.807) is 55.8 Å². The summed E-state index contributed by atoms with van der Waals surface area (Å²) in [6.45, 7) is 0.106. The van der Waals surface area contributed by atoms with Gasteiger partial charge in [0, 0.05) is 11.6 Å². The molecule has 1 saturated carbocycles. The molecule has 8 nitrogen and oxygen atoms in total. The Bertz CT molecular complexity index is 1150. The third-order valence-corrected chi connectivity index (χ3v) is 6.49. The van der Waals surface area contributed by atoms with Crippen molar-refractivity contribution in [1.29, 1.82) is 0 Å². The Hall–Kier alpha value is -3.94. The van der Waals surface area contributed by atoms with Crippen LogP contribution in [-0.2, 0) is 11.3 Å². The predicted molar refractivity (Wildman–Crippen MR) is 134 cm³/mol. The third-order valence-electron chi connectivity index (χ3n) is 6.49. The molecule has 8 heteroatoms. The van der Waals surface area contributed by atoms with E-state index in [0.717, 1.165) is 25.7 Å². The summed E-state index contributed by atoms with van der Waals surface area (Å²) in [6.07, 6.45) is 5.58. The maximum atomic E-state index is 14.0. The molecule has 1 N–H and O–H groups in total. The zero-order valence-corrected chi connectivity index (χ0v) is 20.9. The van der Waals surface area contributed by atoms with Gasteiger partial charge >= 0.3 is 0 Å². The fourth-order valence-corrected chi connectivity index (χ4v) is 4.60. The minimum atomic E-state index is -0.887. The molecular formula is C28H32N2O6. The topological polar surface area (TPSA) is 90.2 Å². The molecule has 0 aliphatic heterocycles. The highest BCUT2D eigenvalue weighted by atomic mass is 16.5. The molecule has 0 spiro atoms. The second kappa shape index (κ2) is 11.7. The fourth-order valence-electron chi connectivity index (χ4n) is 4.60. The summed E-state index contributed by atoms with van der Waals surface area (Å²) < 4.78 is 21.6. The molecule has 1 aromatic heterocycles. The monoisotopic (exact) mass is 492 g/mol. The van der Waals surface area contributed by atoms with Crippen molar-refractivity contribution >= 4 is 11.8 Å². The lowest BCUT2D eigenvalue weighted by atomic mass is 10.0. The van der Waals surface area contributed by atoms with Gasteiger partial charge in [-0.15, -0.1) is 0 Å². The number of hydrogen-bond acceptors (Lipinski definition) is 6. The van der Waals surface area contributed by atoms with Gasteiger partial charge in [-0.1, -0.05) is 25.0 Å². The normalized spacial score (nSPS) is 14.2. The molecule has 3 aromatic rings. The molecule has 1 aliphatic carbocycles. The van der Waals surface area contributed by atoms with Crippen LogP contribution in [-0.4, -0.2) is 44.1 Å². The smallest absolute Gasteiger partial charge is 0.255 e. The van der Waals surface area contributed by atoms with Crippen LogP contribution in [0, 0.1) is 0 Å². The Kier molecular flexibility index (Phi) is 8.15. The van der Waals surface area contributed by atoms with Crippen molar-refractivity contribution in [3.8, 4) is 17.2 Å². The molecule has 0 bridgehead atoms. The number of nitrogens with zero attached hydrogens (tertiary/aromatic N) is 1. The van der Waals surface area contributed by atoms with Gasteiger partial charge in [0.25, 0.3) is 5.91 Å². The van der Waals surface area contributed by atoms with Crippen LogP contribution >= 0.6 is 0 Å². The number of nitrogens with one attached hydrogen (secondary N) is 1. The summed E-state index contributed by atoms with van der Waals surface area (Å²) in [6, 6.07) is 14.9. The molecule has 190 valence electrons. The van der Waals surface area contributed by atoms with Crippen LogP contribution in [0.1, 0.15) is 53.4 Å². The van der Waals surface area contributed by atoms with Crippen molar-refractivity contribution in [2.75, 3.05) is 21.3 Å². The van der Waals surface area contributed by atoms with Gasteiger partial charge in [0.15, 0.2) is 11.5 Å². The standard InChI is InChI=1S/C28H32N2O6/c1-33-22-13-10-19(11-14-22)26(27(31)29-21-7-4-5-8-21)30(18-23-9-6-16-36-23)28(32)20-12-15-24(34-2)25(17-20)35-3/h6,9-17,21,26H,4-5,7-8,18H2,1-3H3,(H,29,31)/t26-/m0/s1. The number of amides is 2. The van der Waals surface area contributed by atoms with Gasteiger partial charge < -0.3 is 28.8 Å². The van der Waals surface area contributed by atoms with Crippen molar-refractivity contribution in [3.05, 3.63) is 77.7 Å². The Balaban J connectivity index is 1.76. The summed E-state index contributed by atoms with van der Waals surface area (Å²) in [5, 5.41) is 3.17. The molecule has 0 saturated heterocycles. The van der Waals surface area contributed by atoms with Gasteiger partial charge in [0.2, 0.25) is 5.91 Å². The molecule has 1 atom stereocenters. The molecule has 1 heterocycles. The van der Waals surface area contributed by atoms with Gasteiger partial charge in [-0.2, -0.15) is 0 Å². The first-order chi connectivity index (χ1) is 17.5. The lowest BCUT2D eigenvalue weighted by molar-refractivity contribution is -0.126. The van der Waals surface area contributed by atoms with Crippen molar-refractivity contribution in [2.24, 2.45) is 0 Å². The van der Waals surface area contributed by atoms with E-state index in [9.17, 15) is 9.59 Å². The maximum Gasteiger partial charge on any atom is 0.255 e. The lowest BCUT2D eigenvalue weighted by Crippen LogP contribution is -2.45. The van der Waals surface area contributed by atoms with E-state index in [1.807, 2.05) is 12.1 Å². The third kappa shape index (κ3) is 5.64. The first kappa shape index (κ1) is 25.2. The largest absolute Gasteiger partial charge is 0.497 e. The van der Waals surface area contributed by atoms with Crippen LogP contribution in [0.25, 0.3) is 0 Å². The van der Waals surface area contributed by atoms with Crippen LogP contribution in [0.5, 0.6) is 17.2 Å². The molecule has 0 radical (unpaired) electrons. The molecule has 36 heavy (non-hydrogen) atoms. The summed E-state index contributed by atoms with van der Waals surface area (Å²) in [5.41, 5.74) is 1.04. The second-order valence-corrected chi connectivity index (χ2v) is 8.75. The zero-order valence-electron chi connectivity index (χ0n) is 20.9. The molecule has 1 aliphatic rings. The number of ether oxygens (including phenoxy) is 3. The van der Waals surface area contributed by atoms with Gasteiger partial charge in [-0.25, -0.2) is 0 Å². The Morgan fingerprint density at radius 1 is 0.972 bits per heavy atom. The van der Waals surface area contributed by atoms with Crippen LogP contribution in [0.2, 0.25) is 0 Å². The second-order valence-electron chi connectivity index (χ2n) is 8.75. The molecular weight excluding hydrogens is 460 g/mol. The minimum Gasteiger partial charge on any atom is -0.497 e. The highest BCUT2D eigenvalue weighted by Gasteiger charge is 2.34. The van der Waals surface area contributed by atoms with Gasteiger partial charge in [-0.05, 0) is 60.9 Å². The summed E-state index contributed by atoms with van der Waals surface area (Å²) in [5.74, 6) is 1.60. The van der Waals surface area contributed by atoms with Crippen molar-refractivity contribution in [2.45, 2.75) is 44.3 Å². The van der Waals surface area contributed by atoms with Crippen molar-refractivity contribution < 1.29 is 28.2 Å². The molecule has 2 amide bonds. The number of carbonyl (C=O) groups excluding carboxylic acids is 2. The number of hydrogen-bond donors (Lipinski definition) is 1. The molecule has 1 fully saturated rings. The minimum absolute atomic E-state index is 0.0971. The number of carbonyl (C=O) groups is 2. The molecule has 0 unspecified atom stereocenters. The predicted octanol–water partition coefficient (Wildman–Crippen LogP) is 4.75. The van der Waals surface area contributed by atoms with E-state index in [2.05, 4.69) is 5.32 Å². The van der Waals surface area contributed by atoms with E-state index < -0.39 is 6.04 Å². The Morgan fingerprint density at radius 2 is 1.69 bits per heavy atom. The van der Waals surface area contributed by atoms with E-state index in [4.69, 9.17) is 18.6 Å². The number of methoxy groups -OCH3 is 3. The molecule has 4 rings (SSSR count). The fraction of sp³-hybridized carbons (Fsp3) is 0.357. The van der Waals surface area contributed by atoms with Crippen LogP contribution in [0.3, 0.4) is 0 Å². The van der Waals surface area contributed by atoms with E-state index in [-0.39, 0.29) is 24.4 Å². The highest BCUT2D eigenvalue weighted by molar-refractivity contribution is 5.98. The first-order valence-corrected chi connectivity index (χ1v) is 12.0. The number of rotatable bonds is 10. The average Bonchev–Trinajstić information content (AvgIpc) is 3.62. The molecule has 2 aromatic carbocycles. The Labute approximate surface area is 211 Å². The summed E-state index contributed by atoms with van der Waals surface area (Å²) >= 11 is 0. The van der Waals surface area contributed by atoms with Crippen LogP contribution in [0.15, 0.2) is 65.3 Å². The Morgan fingerprint density at radius 3 is 2.31 bits per heavy atom. The van der Waals surface area contributed by atoms with E-state index in [1.165, 1.54) is 19.1 Å². The van der Waals surface area contributed by atoms with Gasteiger partial charge in [0.1, 0.15) is 17.6 Å². The summed E-state index contributed by atoms with van der Waals surface area (Å²) in [7, 11) is 4.64. The van der Waals surface area contributed by atoms with Gasteiger partial charge in [-0.3, -0.25) is 9.59 Å². The van der Waals surface area contributed by atoms with Crippen molar-refractivity contribution in [3.63, 3.8) is 0 Å². The first-order valence-electron chi connectivity index (χ1n) is 12.0. The highest BCUT2D eigenvalue weighted by Crippen LogP contribution is 2.32. The summed E-state index contributed by atoms with van der Waals surface area (Å²) in [4.78, 5) is 29.3. The maximum absolute atomic E-state index is 14.0. The quantitative estimate of drug-likeness (QED) is 0.439. The number of benzene rings is 2. The number of furan rings is 1. The van der Waals surface area contributed by atoms with Crippen LogP contribution in [0.4, 0.5) is 0 Å². The van der Waals surface area contributed by atoms with Crippen LogP contribution < -0.4 is 19.5 Å².